The molecule has 6 bridgehead atoms. The zero-order valence-electron chi connectivity index (χ0n) is 13.0. The molecule has 0 saturated carbocycles. The molecule has 0 unspecified atom stereocenters. The first-order valence-corrected chi connectivity index (χ1v) is 7.69. The van der Waals surface area contributed by atoms with Crippen LogP contribution in [-0.4, -0.2) is 24.5 Å². The highest BCUT2D eigenvalue weighted by Gasteiger charge is 2.11. The topological polar surface area (TPSA) is 48.5 Å². The molecule has 4 heterocycles. The molecule has 0 aromatic carbocycles. The van der Waals surface area contributed by atoms with E-state index in [-0.39, 0.29) is 0 Å². The molecule has 1 aliphatic rings. The lowest BCUT2D eigenvalue weighted by molar-refractivity contribution is 0.627. The summed E-state index contributed by atoms with van der Waals surface area (Å²) in [4.78, 5) is 4.76. The quantitative estimate of drug-likeness (QED) is 0.639. The van der Waals surface area contributed by atoms with Gasteiger partial charge in [0, 0.05) is 11.4 Å². The van der Waals surface area contributed by atoms with Crippen LogP contribution in [0, 0.1) is 13.8 Å². The Balaban J connectivity index is 1.81. The molecule has 3 aromatic heterocycles. The maximum absolute atomic E-state index is 4.76. The summed E-state index contributed by atoms with van der Waals surface area (Å²) in [5, 5.41) is 9.43. The second-order valence-corrected chi connectivity index (χ2v) is 5.99. The van der Waals surface area contributed by atoms with Gasteiger partial charge in [-0.1, -0.05) is 6.07 Å². The van der Waals surface area contributed by atoms with Crippen molar-refractivity contribution in [2.24, 2.45) is 0 Å². The number of aromatic nitrogens is 5. The van der Waals surface area contributed by atoms with E-state index in [1.54, 1.807) is 0 Å². The lowest BCUT2D eigenvalue weighted by Crippen LogP contribution is -2.09. The lowest BCUT2D eigenvalue weighted by Gasteiger charge is -2.08. The van der Waals surface area contributed by atoms with Crippen molar-refractivity contribution in [1.29, 1.82) is 0 Å². The van der Waals surface area contributed by atoms with Crippen LogP contribution in [-0.2, 0) is 25.9 Å². The Bertz CT molecular complexity index is 762. The highest BCUT2D eigenvalue weighted by atomic mass is 15.3. The Hall–Kier alpha value is -2.43. The molecule has 112 valence electrons. The van der Waals surface area contributed by atoms with Gasteiger partial charge in [-0.15, -0.1) is 0 Å². The Morgan fingerprint density at radius 3 is 1.77 bits per heavy atom. The third-order valence-electron chi connectivity index (χ3n) is 4.19. The van der Waals surface area contributed by atoms with Crippen molar-refractivity contribution in [3.63, 3.8) is 0 Å². The van der Waals surface area contributed by atoms with Crippen molar-refractivity contribution in [2.45, 2.75) is 39.8 Å². The number of pyridine rings is 1. The molecule has 0 aliphatic carbocycles. The molecule has 5 nitrogen and oxygen atoms in total. The second-order valence-electron chi connectivity index (χ2n) is 5.99. The maximum Gasteiger partial charge on any atom is 0.0834 e. The minimum atomic E-state index is 0.724. The fourth-order valence-electron chi connectivity index (χ4n) is 2.99. The monoisotopic (exact) mass is 293 g/mol. The first kappa shape index (κ1) is 13.2. The molecule has 0 fully saturated rings. The van der Waals surface area contributed by atoms with E-state index in [0.717, 1.165) is 48.7 Å². The molecule has 3 aromatic rings. The molecule has 22 heavy (non-hydrogen) atoms. The Morgan fingerprint density at radius 2 is 1.27 bits per heavy atom. The van der Waals surface area contributed by atoms with E-state index in [1.165, 1.54) is 11.4 Å². The van der Waals surface area contributed by atoms with Gasteiger partial charge in [0.2, 0.25) is 0 Å². The van der Waals surface area contributed by atoms with Gasteiger partial charge in [-0.3, -0.25) is 14.3 Å². The van der Waals surface area contributed by atoms with E-state index in [9.17, 15) is 0 Å². The predicted molar refractivity (Wildman–Crippen MR) is 83.8 cm³/mol. The first-order chi connectivity index (χ1) is 10.7. The summed E-state index contributed by atoms with van der Waals surface area (Å²) in [7, 11) is 0. The van der Waals surface area contributed by atoms with Crippen molar-refractivity contribution >= 4 is 0 Å². The third kappa shape index (κ3) is 2.43. The van der Waals surface area contributed by atoms with Crippen LogP contribution in [0.15, 0.2) is 30.3 Å². The summed E-state index contributed by atoms with van der Waals surface area (Å²) in [5.41, 5.74) is 6.70. The van der Waals surface area contributed by atoms with E-state index < -0.39 is 0 Å². The summed E-state index contributed by atoms with van der Waals surface area (Å²) in [6.45, 7) is 5.65. The lowest BCUT2D eigenvalue weighted by atomic mass is 10.2. The number of aryl methyl sites for hydroxylation is 4. The Kier molecular flexibility index (Phi) is 3.06. The standard InChI is InChI=1S/C17H19N5/c1-12-8-14-6-7-15-9-13(2)22(20-15)11-17-5-3-4-16(18-17)10-21(12)19-14/h3-5,8-9H,6-7,10-11H2,1-2H3. The van der Waals surface area contributed by atoms with Gasteiger partial charge in [-0.2, -0.15) is 10.2 Å². The van der Waals surface area contributed by atoms with E-state index in [2.05, 4.69) is 44.2 Å². The number of rotatable bonds is 0. The molecular weight excluding hydrogens is 274 g/mol. The van der Waals surface area contributed by atoms with Crippen molar-refractivity contribution in [2.75, 3.05) is 0 Å². The van der Waals surface area contributed by atoms with Crippen molar-refractivity contribution in [1.82, 2.24) is 24.5 Å². The largest absolute Gasteiger partial charge is 0.264 e. The van der Waals surface area contributed by atoms with Gasteiger partial charge in [0.15, 0.2) is 0 Å². The predicted octanol–water partition coefficient (Wildman–Crippen LogP) is 2.29. The Morgan fingerprint density at radius 1 is 0.773 bits per heavy atom. The van der Waals surface area contributed by atoms with Gasteiger partial charge in [0.25, 0.3) is 0 Å². The van der Waals surface area contributed by atoms with E-state index >= 15 is 0 Å². The van der Waals surface area contributed by atoms with Crippen LogP contribution in [0.4, 0.5) is 0 Å². The zero-order chi connectivity index (χ0) is 15.1. The normalized spacial score (nSPS) is 14.1. The minimum absolute atomic E-state index is 0.724. The van der Waals surface area contributed by atoms with E-state index in [1.807, 2.05) is 9.36 Å². The van der Waals surface area contributed by atoms with Crippen molar-refractivity contribution in [3.05, 3.63) is 64.5 Å². The molecule has 0 amide bonds. The summed E-state index contributed by atoms with van der Waals surface area (Å²) in [6, 6.07) is 10.5. The summed E-state index contributed by atoms with van der Waals surface area (Å²) < 4.78 is 4.08. The molecule has 4 rings (SSSR count). The fraction of sp³-hybridized carbons (Fsp3) is 0.353. The summed E-state index contributed by atoms with van der Waals surface area (Å²) >= 11 is 0. The highest BCUT2D eigenvalue weighted by molar-refractivity contribution is 5.18. The van der Waals surface area contributed by atoms with Crippen molar-refractivity contribution in [3.8, 4) is 0 Å². The Labute approximate surface area is 129 Å². The fourth-order valence-corrected chi connectivity index (χ4v) is 2.99. The highest BCUT2D eigenvalue weighted by Crippen LogP contribution is 2.13. The van der Waals surface area contributed by atoms with Gasteiger partial charge in [-0.05, 0) is 51.0 Å². The van der Waals surface area contributed by atoms with Gasteiger partial charge < -0.3 is 0 Å². The zero-order valence-corrected chi connectivity index (χ0v) is 13.0. The molecule has 0 N–H and O–H groups in total. The van der Waals surface area contributed by atoms with Gasteiger partial charge in [0.1, 0.15) is 0 Å². The van der Waals surface area contributed by atoms with Crippen LogP contribution < -0.4 is 0 Å². The van der Waals surface area contributed by atoms with Crippen LogP contribution in [0.25, 0.3) is 0 Å². The molecule has 0 spiro atoms. The molecule has 5 heteroatoms. The first-order valence-electron chi connectivity index (χ1n) is 7.69. The number of fused-ring (bicyclic) bond motifs is 6. The average Bonchev–Trinajstić information content (AvgIpc) is 3.01. The SMILES string of the molecule is Cc1cc2nn1Cc1cccc(n1)Cn1nc(cc1C)CC2. The number of hydrogen-bond donors (Lipinski definition) is 0. The van der Waals surface area contributed by atoms with Crippen LogP contribution in [0.2, 0.25) is 0 Å². The molecule has 0 atom stereocenters. The molecule has 1 aliphatic heterocycles. The molecule has 0 saturated heterocycles. The smallest absolute Gasteiger partial charge is 0.0834 e. The number of nitrogens with zero attached hydrogens (tertiary/aromatic N) is 5. The molecular formula is C17H19N5. The van der Waals surface area contributed by atoms with Gasteiger partial charge >= 0.3 is 0 Å². The van der Waals surface area contributed by atoms with Gasteiger partial charge in [-0.25, -0.2) is 0 Å². The maximum atomic E-state index is 4.76. The second kappa shape index (κ2) is 5.09. The van der Waals surface area contributed by atoms with Crippen LogP contribution in [0.1, 0.15) is 34.2 Å². The minimum Gasteiger partial charge on any atom is -0.264 e. The average molecular weight is 293 g/mol. The third-order valence-corrected chi connectivity index (χ3v) is 4.19. The van der Waals surface area contributed by atoms with Crippen LogP contribution in [0.3, 0.4) is 0 Å². The van der Waals surface area contributed by atoms with Crippen LogP contribution >= 0.6 is 0 Å². The van der Waals surface area contributed by atoms with Crippen molar-refractivity contribution < 1.29 is 0 Å². The summed E-state index contributed by atoms with van der Waals surface area (Å²) in [5.74, 6) is 0. The van der Waals surface area contributed by atoms with E-state index in [0.29, 0.717) is 0 Å². The van der Waals surface area contributed by atoms with Crippen LogP contribution in [0.5, 0.6) is 0 Å². The molecule has 0 radical (unpaired) electrons. The van der Waals surface area contributed by atoms with Gasteiger partial charge in [0.05, 0.1) is 35.9 Å². The summed E-state index contributed by atoms with van der Waals surface area (Å²) in [6.07, 6.45) is 1.85. The van der Waals surface area contributed by atoms with E-state index in [4.69, 9.17) is 15.2 Å². The number of hydrogen-bond acceptors (Lipinski definition) is 3.